The molecule has 1 amide bonds. The van der Waals surface area contributed by atoms with Crippen LogP contribution < -0.4 is 4.74 Å². The van der Waals surface area contributed by atoms with Gasteiger partial charge in [0, 0.05) is 38.3 Å². The van der Waals surface area contributed by atoms with Crippen LogP contribution in [-0.4, -0.2) is 77.6 Å². The summed E-state index contributed by atoms with van der Waals surface area (Å²) in [4.78, 5) is 17.3. The first kappa shape index (κ1) is 33.0. The lowest BCUT2D eigenvalue weighted by Gasteiger charge is -2.35. The molecule has 13 heteroatoms. The van der Waals surface area contributed by atoms with Crippen molar-refractivity contribution in [1.29, 1.82) is 0 Å². The van der Waals surface area contributed by atoms with E-state index in [0.29, 0.717) is 26.1 Å². The van der Waals surface area contributed by atoms with Crippen LogP contribution >= 0.6 is 0 Å². The first-order chi connectivity index (χ1) is 21.3. The first-order valence-electron chi connectivity index (χ1n) is 14.8. The number of amides is 1. The van der Waals surface area contributed by atoms with Gasteiger partial charge in [-0.3, -0.25) is 9.69 Å². The minimum atomic E-state index is -4.44. The van der Waals surface area contributed by atoms with E-state index < -0.39 is 48.3 Å². The summed E-state index contributed by atoms with van der Waals surface area (Å²) < 4.78 is 100. The van der Waals surface area contributed by atoms with Crippen molar-refractivity contribution in [2.75, 3.05) is 45.1 Å². The molecule has 0 N–H and O–H groups in total. The van der Waals surface area contributed by atoms with E-state index in [4.69, 9.17) is 4.74 Å². The van der Waals surface area contributed by atoms with E-state index in [1.807, 2.05) is 11.8 Å². The number of nitrogens with zero attached hydrogens (tertiary/aromatic N) is 2. The number of hydrogen-bond donors (Lipinski definition) is 0. The highest BCUT2D eigenvalue weighted by molar-refractivity contribution is 7.96. The van der Waals surface area contributed by atoms with E-state index in [0.717, 1.165) is 12.5 Å². The molecule has 0 bridgehead atoms. The highest BCUT2D eigenvalue weighted by Crippen LogP contribution is 2.47. The lowest BCUT2D eigenvalue weighted by Crippen LogP contribution is -2.49. The molecule has 0 aromatic heterocycles. The molecule has 1 saturated heterocycles. The Balaban J connectivity index is 1.39. The molecule has 1 fully saturated rings. The predicted octanol–water partition coefficient (Wildman–Crippen LogP) is 5.19. The molecular formula is C32H35F3N2O6S2. The zero-order valence-electron chi connectivity index (χ0n) is 24.8. The molecule has 2 aliphatic rings. The van der Waals surface area contributed by atoms with Gasteiger partial charge in [-0.2, -0.15) is 13.2 Å². The molecule has 1 unspecified atom stereocenters. The van der Waals surface area contributed by atoms with Gasteiger partial charge in [-0.1, -0.05) is 49.7 Å². The van der Waals surface area contributed by atoms with Gasteiger partial charge in [0.15, 0.2) is 19.7 Å². The fourth-order valence-corrected chi connectivity index (χ4v) is 10.2. The van der Waals surface area contributed by atoms with Gasteiger partial charge < -0.3 is 9.64 Å². The highest BCUT2D eigenvalue weighted by Gasteiger charge is 2.46. The van der Waals surface area contributed by atoms with E-state index in [1.165, 1.54) is 36.4 Å². The van der Waals surface area contributed by atoms with Crippen LogP contribution in [0.4, 0.5) is 13.2 Å². The Morgan fingerprint density at radius 1 is 0.956 bits per heavy atom. The quantitative estimate of drug-likeness (QED) is 0.275. The second-order valence-corrected chi connectivity index (χ2v) is 15.4. The summed E-state index contributed by atoms with van der Waals surface area (Å²) in [5.41, 5.74) is -0.364. The summed E-state index contributed by atoms with van der Waals surface area (Å²) in [5, 5.41) is -1.44. The normalized spacial score (nSPS) is 18.5. The number of benzene rings is 3. The molecule has 3 aromatic rings. The van der Waals surface area contributed by atoms with Crippen molar-refractivity contribution in [3.8, 4) is 5.75 Å². The summed E-state index contributed by atoms with van der Waals surface area (Å²) in [6, 6.07) is 15.8. The Labute approximate surface area is 261 Å². The zero-order chi connectivity index (χ0) is 32.4. The SMILES string of the molecule is CCCCOc1c(C(=O)N2CCN(CCc3ccccc3C(F)(F)F)CC2)ccc2c1C(S(=O)(=O)c1ccccc1)CS2(=O)=O. The van der Waals surface area contributed by atoms with E-state index in [-0.39, 0.29) is 58.3 Å². The standard InChI is InChI=1S/C32H35F3N2O6S2/c1-2-3-21-43-30-25(13-14-27-29(30)28(22-44(27,39)40)45(41,42)24-10-5-4-6-11-24)31(38)37-19-17-36(18-20-37)16-15-23-9-7-8-12-26(23)32(33,34)35/h4-14,28H,2-3,15-22H2,1H3. The minimum Gasteiger partial charge on any atom is -0.492 e. The molecule has 2 aliphatic heterocycles. The molecule has 1 atom stereocenters. The summed E-state index contributed by atoms with van der Waals surface area (Å²) >= 11 is 0. The molecule has 0 radical (unpaired) electrons. The molecule has 8 nitrogen and oxygen atoms in total. The second kappa shape index (κ2) is 13.1. The molecule has 45 heavy (non-hydrogen) atoms. The van der Waals surface area contributed by atoms with Crippen molar-refractivity contribution in [2.24, 2.45) is 0 Å². The van der Waals surface area contributed by atoms with Crippen LogP contribution in [0.15, 0.2) is 76.5 Å². The monoisotopic (exact) mass is 664 g/mol. The van der Waals surface area contributed by atoms with Gasteiger partial charge in [-0.05, 0) is 48.7 Å². The van der Waals surface area contributed by atoms with Gasteiger partial charge in [0.1, 0.15) is 11.0 Å². The van der Waals surface area contributed by atoms with Crippen LogP contribution in [0.25, 0.3) is 0 Å². The molecule has 242 valence electrons. The van der Waals surface area contributed by atoms with Crippen molar-refractivity contribution in [2.45, 2.75) is 47.4 Å². The summed E-state index contributed by atoms with van der Waals surface area (Å²) in [5.74, 6) is -1.11. The van der Waals surface area contributed by atoms with Gasteiger partial charge in [0.05, 0.1) is 33.3 Å². The Kier molecular flexibility index (Phi) is 9.62. The fourth-order valence-electron chi connectivity index (χ4n) is 5.83. The minimum absolute atomic E-state index is 0.0113. The van der Waals surface area contributed by atoms with Gasteiger partial charge in [-0.25, -0.2) is 16.8 Å². The Hall–Kier alpha value is -3.42. The number of alkyl halides is 3. The van der Waals surface area contributed by atoms with Crippen molar-refractivity contribution >= 4 is 25.6 Å². The highest BCUT2D eigenvalue weighted by atomic mass is 32.2. The van der Waals surface area contributed by atoms with E-state index in [9.17, 15) is 34.8 Å². The van der Waals surface area contributed by atoms with Crippen LogP contribution in [0.1, 0.15) is 52.1 Å². The first-order valence-corrected chi connectivity index (χ1v) is 18.0. The summed E-state index contributed by atoms with van der Waals surface area (Å²) in [7, 11) is -8.13. The van der Waals surface area contributed by atoms with Crippen LogP contribution in [0.3, 0.4) is 0 Å². The van der Waals surface area contributed by atoms with Gasteiger partial charge in [0.25, 0.3) is 5.91 Å². The number of hydrogen-bond acceptors (Lipinski definition) is 7. The molecular weight excluding hydrogens is 629 g/mol. The third-order valence-corrected chi connectivity index (χ3v) is 12.4. The fraction of sp³-hybridized carbons (Fsp3) is 0.406. The van der Waals surface area contributed by atoms with Crippen LogP contribution in [-0.2, 0) is 32.3 Å². The molecule has 2 heterocycles. The average molecular weight is 665 g/mol. The number of ether oxygens (including phenoxy) is 1. The number of carbonyl (C=O) groups is 1. The van der Waals surface area contributed by atoms with E-state index in [1.54, 1.807) is 29.2 Å². The molecule has 0 saturated carbocycles. The number of halogens is 3. The van der Waals surface area contributed by atoms with E-state index >= 15 is 0 Å². The molecule has 0 aliphatic carbocycles. The predicted molar refractivity (Wildman–Crippen MR) is 163 cm³/mol. The maximum Gasteiger partial charge on any atom is 0.416 e. The van der Waals surface area contributed by atoms with Gasteiger partial charge >= 0.3 is 6.18 Å². The summed E-state index contributed by atoms with van der Waals surface area (Å²) in [6.45, 7) is 3.92. The Morgan fingerprint density at radius 2 is 1.62 bits per heavy atom. The van der Waals surface area contributed by atoms with Crippen molar-refractivity contribution in [1.82, 2.24) is 9.80 Å². The van der Waals surface area contributed by atoms with Crippen LogP contribution in [0.5, 0.6) is 5.75 Å². The topological polar surface area (TPSA) is 101 Å². The number of fused-ring (bicyclic) bond motifs is 1. The van der Waals surface area contributed by atoms with Crippen LogP contribution in [0.2, 0.25) is 0 Å². The van der Waals surface area contributed by atoms with Crippen molar-refractivity contribution in [3.63, 3.8) is 0 Å². The molecule has 5 rings (SSSR count). The zero-order valence-corrected chi connectivity index (χ0v) is 26.4. The third kappa shape index (κ3) is 6.90. The second-order valence-electron chi connectivity index (χ2n) is 11.2. The average Bonchev–Trinajstić information content (AvgIpc) is 3.31. The maximum absolute atomic E-state index is 13.9. The Morgan fingerprint density at radius 3 is 2.29 bits per heavy atom. The molecule has 3 aromatic carbocycles. The summed E-state index contributed by atoms with van der Waals surface area (Å²) in [6.07, 6.45) is -2.86. The van der Waals surface area contributed by atoms with Crippen molar-refractivity contribution in [3.05, 3.63) is 89.0 Å². The van der Waals surface area contributed by atoms with Gasteiger partial charge in [0.2, 0.25) is 0 Å². The number of sulfone groups is 2. The Bertz CT molecular complexity index is 1760. The number of unbranched alkanes of at least 4 members (excludes halogenated alkanes) is 1. The number of rotatable bonds is 10. The van der Waals surface area contributed by atoms with Gasteiger partial charge in [-0.15, -0.1) is 0 Å². The lowest BCUT2D eigenvalue weighted by atomic mass is 10.0. The number of piperazine rings is 1. The lowest BCUT2D eigenvalue weighted by molar-refractivity contribution is -0.138. The smallest absolute Gasteiger partial charge is 0.416 e. The number of carbonyl (C=O) groups excluding carboxylic acids is 1. The largest absolute Gasteiger partial charge is 0.492 e. The van der Waals surface area contributed by atoms with E-state index in [2.05, 4.69) is 0 Å². The molecule has 0 spiro atoms. The van der Waals surface area contributed by atoms with Crippen molar-refractivity contribution < 1.29 is 39.5 Å². The third-order valence-electron chi connectivity index (χ3n) is 8.28. The maximum atomic E-state index is 13.9. The van der Waals surface area contributed by atoms with Crippen LogP contribution in [0, 0.1) is 0 Å².